The van der Waals surface area contributed by atoms with Gasteiger partial charge in [0.05, 0.1) is 0 Å². The molecule has 29 heavy (non-hydrogen) atoms. The largest absolute Gasteiger partial charge is 0.443 e. The number of rotatable bonds is 6. The highest BCUT2D eigenvalue weighted by Gasteiger charge is 2.24. The van der Waals surface area contributed by atoms with Gasteiger partial charge in [0.15, 0.2) is 0 Å². The number of halogens is 1. The number of aryl methyl sites for hydroxylation is 2. The average Bonchev–Trinajstić information content (AvgIpc) is 3.34. The van der Waals surface area contributed by atoms with Gasteiger partial charge in [0.2, 0.25) is 5.88 Å². The van der Waals surface area contributed by atoms with Crippen LogP contribution in [0.5, 0.6) is 0 Å². The van der Waals surface area contributed by atoms with Crippen LogP contribution in [-0.2, 0) is 0 Å². The fourth-order valence-electron chi connectivity index (χ4n) is 2.84. The SMILES string of the molecule is Cc1ccc(C(=O)NCCNC(=O)c2c(C)oc(-n3cccc3)c2C#N)cc1F. The minimum atomic E-state index is -0.475. The van der Waals surface area contributed by atoms with Gasteiger partial charge in [0, 0.05) is 31.0 Å². The quantitative estimate of drug-likeness (QED) is 0.628. The molecule has 8 heteroatoms. The van der Waals surface area contributed by atoms with Crippen LogP contribution in [0.25, 0.3) is 5.88 Å². The number of benzene rings is 1. The molecule has 0 spiro atoms. The molecule has 0 aliphatic carbocycles. The third-order valence-corrected chi connectivity index (χ3v) is 4.37. The fourth-order valence-corrected chi connectivity index (χ4v) is 2.84. The van der Waals surface area contributed by atoms with E-state index in [1.54, 1.807) is 42.9 Å². The van der Waals surface area contributed by atoms with Gasteiger partial charge in [-0.05, 0) is 43.7 Å². The van der Waals surface area contributed by atoms with Crippen LogP contribution in [0.3, 0.4) is 0 Å². The zero-order chi connectivity index (χ0) is 21.0. The minimum Gasteiger partial charge on any atom is -0.443 e. The van der Waals surface area contributed by atoms with E-state index in [0.717, 1.165) is 0 Å². The lowest BCUT2D eigenvalue weighted by Gasteiger charge is -2.08. The van der Waals surface area contributed by atoms with Crippen molar-refractivity contribution >= 4 is 11.8 Å². The number of aromatic nitrogens is 1. The molecule has 0 saturated carbocycles. The third-order valence-electron chi connectivity index (χ3n) is 4.37. The Morgan fingerprint density at radius 2 is 1.79 bits per heavy atom. The first-order valence-electron chi connectivity index (χ1n) is 8.91. The van der Waals surface area contributed by atoms with E-state index in [-0.39, 0.29) is 35.7 Å². The van der Waals surface area contributed by atoms with E-state index in [2.05, 4.69) is 10.6 Å². The van der Waals surface area contributed by atoms with E-state index in [1.807, 2.05) is 6.07 Å². The van der Waals surface area contributed by atoms with Gasteiger partial charge >= 0.3 is 0 Å². The van der Waals surface area contributed by atoms with Crippen LogP contribution in [0.15, 0.2) is 47.1 Å². The predicted molar refractivity (Wildman–Crippen MR) is 103 cm³/mol. The summed E-state index contributed by atoms with van der Waals surface area (Å²) >= 11 is 0. The summed E-state index contributed by atoms with van der Waals surface area (Å²) in [6.07, 6.45) is 3.43. The summed E-state index contributed by atoms with van der Waals surface area (Å²) in [7, 11) is 0. The van der Waals surface area contributed by atoms with E-state index in [0.29, 0.717) is 11.3 Å². The molecule has 3 rings (SSSR count). The number of carbonyl (C=O) groups is 2. The van der Waals surface area contributed by atoms with Crippen molar-refractivity contribution in [2.75, 3.05) is 13.1 Å². The third kappa shape index (κ3) is 4.19. The summed E-state index contributed by atoms with van der Waals surface area (Å²) in [5.74, 6) is -0.775. The summed E-state index contributed by atoms with van der Waals surface area (Å²) in [6, 6.07) is 9.80. The Morgan fingerprint density at radius 3 is 2.41 bits per heavy atom. The monoisotopic (exact) mass is 394 g/mol. The Bertz CT molecular complexity index is 1090. The van der Waals surface area contributed by atoms with Crippen molar-refractivity contribution in [3.63, 3.8) is 0 Å². The number of amides is 2. The topological polar surface area (TPSA) is 100 Å². The van der Waals surface area contributed by atoms with E-state index in [9.17, 15) is 19.2 Å². The van der Waals surface area contributed by atoms with Crippen molar-refractivity contribution < 1.29 is 18.4 Å². The summed E-state index contributed by atoms with van der Waals surface area (Å²) in [6.45, 7) is 3.49. The van der Waals surface area contributed by atoms with E-state index < -0.39 is 17.6 Å². The van der Waals surface area contributed by atoms with Gasteiger partial charge in [-0.25, -0.2) is 4.39 Å². The first-order valence-corrected chi connectivity index (χ1v) is 8.91. The van der Waals surface area contributed by atoms with Crippen molar-refractivity contribution in [1.29, 1.82) is 5.26 Å². The van der Waals surface area contributed by atoms with Crippen molar-refractivity contribution in [2.45, 2.75) is 13.8 Å². The van der Waals surface area contributed by atoms with Gasteiger partial charge < -0.3 is 15.1 Å². The standard InChI is InChI=1S/C21H19FN4O3/c1-13-5-6-15(11-17(13)22)19(27)24-7-8-25-20(28)18-14(2)29-21(16(18)12-23)26-9-3-4-10-26/h3-6,9-11H,7-8H2,1-2H3,(H,24,27)(H,25,28). The van der Waals surface area contributed by atoms with Gasteiger partial charge in [-0.15, -0.1) is 0 Å². The lowest BCUT2D eigenvalue weighted by Crippen LogP contribution is -2.35. The highest BCUT2D eigenvalue weighted by Crippen LogP contribution is 2.25. The van der Waals surface area contributed by atoms with Crippen LogP contribution in [0.2, 0.25) is 0 Å². The highest BCUT2D eigenvalue weighted by atomic mass is 19.1. The molecule has 0 radical (unpaired) electrons. The van der Waals surface area contributed by atoms with Crippen LogP contribution in [0.4, 0.5) is 4.39 Å². The van der Waals surface area contributed by atoms with Crippen LogP contribution >= 0.6 is 0 Å². The van der Waals surface area contributed by atoms with Crippen LogP contribution in [-0.4, -0.2) is 29.5 Å². The first-order chi connectivity index (χ1) is 13.9. The van der Waals surface area contributed by atoms with Crippen LogP contribution < -0.4 is 10.6 Å². The van der Waals surface area contributed by atoms with E-state index in [4.69, 9.17) is 4.42 Å². The Balaban J connectivity index is 1.61. The molecule has 7 nitrogen and oxygen atoms in total. The van der Waals surface area contributed by atoms with Crippen molar-refractivity contribution in [2.24, 2.45) is 0 Å². The van der Waals surface area contributed by atoms with Crippen LogP contribution in [0.1, 0.15) is 37.6 Å². The lowest BCUT2D eigenvalue weighted by atomic mass is 10.1. The number of furan rings is 1. The molecule has 0 aliphatic heterocycles. The fraction of sp³-hybridized carbons (Fsp3) is 0.190. The summed E-state index contributed by atoms with van der Waals surface area (Å²) in [4.78, 5) is 24.6. The second-order valence-electron chi connectivity index (χ2n) is 6.39. The summed E-state index contributed by atoms with van der Waals surface area (Å²) < 4.78 is 20.8. The number of nitrogens with zero attached hydrogens (tertiary/aromatic N) is 2. The molecule has 0 atom stereocenters. The Morgan fingerprint density at radius 1 is 1.14 bits per heavy atom. The minimum absolute atomic E-state index is 0.132. The van der Waals surface area contributed by atoms with Crippen LogP contribution in [0, 0.1) is 31.0 Å². The molecular formula is C21H19FN4O3. The molecule has 0 fully saturated rings. The van der Waals surface area contributed by atoms with Gasteiger partial charge in [-0.1, -0.05) is 6.07 Å². The Labute approximate surface area is 166 Å². The maximum atomic E-state index is 13.6. The predicted octanol–water partition coefficient (Wildman–Crippen LogP) is 2.86. The highest BCUT2D eigenvalue weighted by molar-refractivity contribution is 5.98. The molecule has 148 valence electrons. The van der Waals surface area contributed by atoms with E-state index >= 15 is 0 Å². The summed E-state index contributed by atoms with van der Waals surface area (Å²) in [5.41, 5.74) is 0.948. The molecule has 2 amide bonds. The van der Waals surface area contributed by atoms with Crippen molar-refractivity contribution in [1.82, 2.24) is 15.2 Å². The number of hydrogen-bond acceptors (Lipinski definition) is 4. The Hall–Kier alpha value is -3.86. The number of carbonyl (C=O) groups excluding carboxylic acids is 2. The molecule has 2 heterocycles. The zero-order valence-corrected chi connectivity index (χ0v) is 16.0. The number of nitrogens with one attached hydrogen (secondary N) is 2. The van der Waals surface area contributed by atoms with E-state index in [1.165, 1.54) is 18.2 Å². The molecular weight excluding hydrogens is 375 g/mol. The van der Waals surface area contributed by atoms with Gasteiger partial charge in [0.1, 0.15) is 28.8 Å². The summed E-state index contributed by atoms with van der Waals surface area (Å²) in [5, 5.41) is 14.7. The molecule has 0 unspecified atom stereocenters. The number of hydrogen-bond donors (Lipinski definition) is 2. The molecule has 2 N–H and O–H groups in total. The molecule has 3 aromatic rings. The average molecular weight is 394 g/mol. The van der Waals surface area contributed by atoms with Gasteiger partial charge in [-0.3, -0.25) is 14.2 Å². The maximum absolute atomic E-state index is 13.6. The lowest BCUT2D eigenvalue weighted by molar-refractivity contribution is 0.0926. The smallest absolute Gasteiger partial charge is 0.256 e. The van der Waals surface area contributed by atoms with Crippen molar-refractivity contribution in [3.05, 3.63) is 76.6 Å². The molecule has 1 aromatic carbocycles. The van der Waals surface area contributed by atoms with Gasteiger partial charge in [-0.2, -0.15) is 5.26 Å². The van der Waals surface area contributed by atoms with Crippen molar-refractivity contribution in [3.8, 4) is 12.0 Å². The maximum Gasteiger partial charge on any atom is 0.256 e. The zero-order valence-electron chi connectivity index (χ0n) is 16.0. The molecule has 0 aliphatic rings. The molecule has 2 aromatic heterocycles. The number of nitriles is 1. The molecule has 0 bridgehead atoms. The van der Waals surface area contributed by atoms with Gasteiger partial charge in [0.25, 0.3) is 11.8 Å². The second kappa shape index (κ2) is 8.44. The Kier molecular flexibility index (Phi) is 5.79. The second-order valence-corrected chi connectivity index (χ2v) is 6.39. The first kappa shape index (κ1) is 19.9. The molecule has 0 saturated heterocycles. The normalized spacial score (nSPS) is 10.4.